The number of amides is 2. The fourth-order valence-electron chi connectivity index (χ4n) is 2.47. The number of halogens is 1. The van der Waals surface area contributed by atoms with E-state index in [1.54, 1.807) is 48.2 Å². The van der Waals surface area contributed by atoms with Crippen molar-refractivity contribution in [1.82, 2.24) is 9.88 Å². The largest absolute Gasteiger partial charge is 0.495 e. The molecule has 0 saturated heterocycles. The number of nitrogens with one attached hydrogen (secondary N) is 2. The van der Waals surface area contributed by atoms with Crippen molar-refractivity contribution >= 4 is 40.2 Å². The van der Waals surface area contributed by atoms with E-state index in [0.717, 1.165) is 5.52 Å². The monoisotopic (exact) mass is 361 g/mol. The van der Waals surface area contributed by atoms with Crippen LogP contribution in [0.5, 0.6) is 5.75 Å². The summed E-state index contributed by atoms with van der Waals surface area (Å²) >= 11 is 6.01. The van der Waals surface area contributed by atoms with Crippen molar-refractivity contribution in [3.8, 4) is 5.75 Å². The number of ether oxygens (including phenoxy) is 1. The molecule has 0 radical (unpaired) electrons. The van der Waals surface area contributed by atoms with Gasteiger partial charge in [-0.05, 0) is 18.2 Å². The van der Waals surface area contributed by atoms with E-state index in [9.17, 15) is 9.59 Å². The molecule has 2 N–H and O–H groups in total. The normalized spacial score (nSPS) is 10.7. The Morgan fingerprint density at radius 2 is 2.08 bits per heavy atom. The molecule has 0 bridgehead atoms. The van der Waals surface area contributed by atoms with Crippen molar-refractivity contribution in [1.29, 1.82) is 0 Å². The molecule has 7 nitrogen and oxygen atoms in total. The summed E-state index contributed by atoms with van der Waals surface area (Å²) in [6.45, 7) is -0.172. The van der Waals surface area contributed by atoms with Crippen LogP contribution >= 0.6 is 11.6 Å². The van der Waals surface area contributed by atoms with E-state index in [0.29, 0.717) is 27.7 Å². The minimum absolute atomic E-state index is 0.172. The number of aryl methyl sites for hydroxylation is 1. The van der Waals surface area contributed by atoms with Gasteiger partial charge in [0.05, 0.1) is 30.5 Å². The highest BCUT2D eigenvalue weighted by molar-refractivity contribution is 6.32. The maximum absolute atomic E-state index is 12.2. The molecule has 0 saturated carbocycles. The number of furan rings is 1. The lowest BCUT2D eigenvalue weighted by Gasteiger charge is -2.09. The zero-order valence-corrected chi connectivity index (χ0v) is 14.4. The highest BCUT2D eigenvalue weighted by Gasteiger charge is 2.16. The van der Waals surface area contributed by atoms with Crippen molar-refractivity contribution in [2.75, 3.05) is 19.0 Å². The Morgan fingerprint density at radius 1 is 1.28 bits per heavy atom. The Labute approximate surface area is 148 Å². The minimum Gasteiger partial charge on any atom is -0.495 e. The van der Waals surface area contributed by atoms with Crippen LogP contribution in [0.15, 0.2) is 41.0 Å². The van der Waals surface area contributed by atoms with Gasteiger partial charge >= 0.3 is 0 Å². The number of rotatable bonds is 5. The lowest BCUT2D eigenvalue weighted by molar-refractivity contribution is -0.115. The van der Waals surface area contributed by atoms with E-state index in [1.165, 1.54) is 7.11 Å². The number of benzene rings is 1. The number of anilines is 1. The molecule has 8 heteroatoms. The lowest BCUT2D eigenvalue weighted by Crippen LogP contribution is -2.33. The first-order valence-corrected chi connectivity index (χ1v) is 7.82. The zero-order valence-electron chi connectivity index (χ0n) is 13.6. The molecular weight excluding hydrogens is 346 g/mol. The van der Waals surface area contributed by atoms with E-state index in [4.69, 9.17) is 20.8 Å². The van der Waals surface area contributed by atoms with Gasteiger partial charge in [-0.1, -0.05) is 11.6 Å². The van der Waals surface area contributed by atoms with Crippen molar-refractivity contribution < 1.29 is 18.7 Å². The number of carbonyl (C=O) groups excluding carboxylic acids is 2. The van der Waals surface area contributed by atoms with Crippen LogP contribution in [0, 0.1) is 0 Å². The average Bonchev–Trinajstić information content (AvgIpc) is 3.16. The predicted octanol–water partition coefficient (Wildman–Crippen LogP) is 2.80. The van der Waals surface area contributed by atoms with Crippen LogP contribution in [0.25, 0.3) is 11.1 Å². The first-order chi connectivity index (χ1) is 12.0. The van der Waals surface area contributed by atoms with Gasteiger partial charge in [0.25, 0.3) is 5.91 Å². The molecule has 0 atom stereocenters. The zero-order chi connectivity index (χ0) is 18.0. The summed E-state index contributed by atoms with van der Waals surface area (Å²) in [4.78, 5) is 24.2. The molecular formula is C17H16ClN3O4. The predicted molar refractivity (Wildman–Crippen MR) is 94.2 cm³/mol. The van der Waals surface area contributed by atoms with E-state index in [-0.39, 0.29) is 18.4 Å². The fourth-order valence-corrected chi connectivity index (χ4v) is 2.73. The van der Waals surface area contributed by atoms with Gasteiger partial charge in [-0.15, -0.1) is 0 Å². The molecule has 0 fully saturated rings. The van der Waals surface area contributed by atoms with Gasteiger partial charge in [0.1, 0.15) is 11.4 Å². The topological polar surface area (TPSA) is 85.5 Å². The Morgan fingerprint density at radius 3 is 2.76 bits per heavy atom. The molecule has 3 aromatic rings. The molecule has 2 heterocycles. The number of hydrogen-bond donors (Lipinski definition) is 2. The molecule has 2 amide bonds. The van der Waals surface area contributed by atoms with Crippen LogP contribution in [-0.2, 0) is 11.8 Å². The summed E-state index contributed by atoms with van der Waals surface area (Å²) in [6.07, 6.45) is 1.56. The van der Waals surface area contributed by atoms with Gasteiger partial charge in [-0.3, -0.25) is 9.59 Å². The second-order valence-corrected chi connectivity index (χ2v) is 5.75. The quantitative estimate of drug-likeness (QED) is 0.731. The Hall–Kier alpha value is -2.93. The molecule has 2 aromatic heterocycles. The van der Waals surface area contributed by atoms with Gasteiger partial charge in [-0.25, -0.2) is 0 Å². The summed E-state index contributed by atoms with van der Waals surface area (Å²) in [5.74, 6) is -0.217. The number of fused-ring (bicyclic) bond motifs is 1. The molecule has 0 aliphatic heterocycles. The van der Waals surface area contributed by atoms with E-state index < -0.39 is 0 Å². The van der Waals surface area contributed by atoms with Crippen LogP contribution in [0.2, 0.25) is 5.02 Å². The summed E-state index contributed by atoms with van der Waals surface area (Å²) < 4.78 is 12.0. The lowest BCUT2D eigenvalue weighted by atomic mass is 10.3. The Balaban J connectivity index is 1.60. The van der Waals surface area contributed by atoms with Gasteiger partial charge in [0.15, 0.2) is 5.58 Å². The van der Waals surface area contributed by atoms with Crippen LogP contribution in [0.3, 0.4) is 0 Å². The summed E-state index contributed by atoms with van der Waals surface area (Å²) in [6, 6.07) is 8.29. The minimum atomic E-state index is -0.368. The van der Waals surface area contributed by atoms with Crippen molar-refractivity contribution in [3.63, 3.8) is 0 Å². The third-order valence-corrected chi connectivity index (χ3v) is 4.04. The Bertz CT molecular complexity index is 945. The number of aromatic nitrogens is 1. The molecule has 0 unspecified atom stereocenters. The summed E-state index contributed by atoms with van der Waals surface area (Å²) in [5, 5.41) is 5.62. The first kappa shape index (κ1) is 16.9. The van der Waals surface area contributed by atoms with Crippen molar-refractivity contribution in [2.45, 2.75) is 0 Å². The molecule has 1 aromatic carbocycles. The average molecular weight is 362 g/mol. The number of carbonyl (C=O) groups is 2. The Kier molecular flexibility index (Phi) is 4.67. The molecule has 0 aliphatic rings. The standard InChI is InChI=1S/C17H16ClN3O4/c1-21-12-5-6-25-15(12)8-13(21)17(23)19-9-16(22)20-10-3-4-14(24-2)11(18)7-10/h3-8H,9H2,1-2H3,(H,19,23)(H,20,22). The third-order valence-electron chi connectivity index (χ3n) is 3.74. The van der Waals surface area contributed by atoms with Crippen LogP contribution in [0.1, 0.15) is 10.5 Å². The second kappa shape index (κ2) is 6.90. The van der Waals surface area contributed by atoms with Gasteiger partial charge in [0, 0.05) is 24.9 Å². The maximum Gasteiger partial charge on any atom is 0.268 e. The summed E-state index contributed by atoms with van der Waals surface area (Å²) in [7, 11) is 3.27. The molecule has 130 valence electrons. The van der Waals surface area contributed by atoms with Gasteiger partial charge < -0.3 is 24.4 Å². The van der Waals surface area contributed by atoms with E-state index >= 15 is 0 Å². The van der Waals surface area contributed by atoms with Crippen molar-refractivity contribution in [3.05, 3.63) is 47.3 Å². The summed E-state index contributed by atoms with van der Waals surface area (Å²) in [5.41, 5.74) is 2.35. The molecule has 0 aliphatic carbocycles. The SMILES string of the molecule is COc1ccc(NC(=O)CNC(=O)c2cc3occc3n2C)cc1Cl. The number of hydrogen-bond acceptors (Lipinski definition) is 4. The fraction of sp³-hybridized carbons (Fsp3) is 0.176. The van der Waals surface area contributed by atoms with Crippen LogP contribution in [0.4, 0.5) is 5.69 Å². The smallest absolute Gasteiger partial charge is 0.268 e. The van der Waals surface area contributed by atoms with Crippen LogP contribution in [-0.4, -0.2) is 30.0 Å². The highest BCUT2D eigenvalue weighted by atomic mass is 35.5. The molecule has 3 rings (SSSR count). The molecule has 25 heavy (non-hydrogen) atoms. The first-order valence-electron chi connectivity index (χ1n) is 7.44. The highest BCUT2D eigenvalue weighted by Crippen LogP contribution is 2.27. The van der Waals surface area contributed by atoms with Gasteiger partial charge in [-0.2, -0.15) is 0 Å². The third kappa shape index (κ3) is 3.46. The van der Waals surface area contributed by atoms with E-state index in [2.05, 4.69) is 10.6 Å². The van der Waals surface area contributed by atoms with Crippen molar-refractivity contribution in [2.24, 2.45) is 7.05 Å². The van der Waals surface area contributed by atoms with Crippen LogP contribution < -0.4 is 15.4 Å². The number of methoxy groups -OCH3 is 1. The molecule has 0 spiro atoms. The van der Waals surface area contributed by atoms with E-state index in [1.807, 2.05) is 0 Å². The maximum atomic E-state index is 12.2. The van der Waals surface area contributed by atoms with Gasteiger partial charge in [0.2, 0.25) is 5.91 Å². The number of nitrogens with zero attached hydrogens (tertiary/aromatic N) is 1. The second-order valence-electron chi connectivity index (χ2n) is 5.34.